The smallest absolute Gasteiger partial charge is 0.193 e. The summed E-state index contributed by atoms with van der Waals surface area (Å²) in [6.45, 7) is 0.735. The first-order chi connectivity index (χ1) is 9.61. The highest BCUT2D eigenvalue weighted by atomic mass is 35.5. The molecule has 0 aliphatic rings. The third-order valence-corrected chi connectivity index (χ3v) is 3.07. The van der Waals surface area contributed by atoms with E-state index in [1.165, 1.54) is 0 Å². The average Bonchev–Trinajstić information content (AvgIpc) is 2.46. The molecule has 21 heavy (non-hydrogen) atoms. The standard InChI is InChI=1S/C17H19NO2.ClH/c1-18(2)12-15-11-14(9-10-16(15)20-3)17(19)13-7-5-4-6-8-13;/h4-11H,12H2,1-3H3;1H. The number of carbonyl (C=O) groups is 1. The van der Waals surface area contributed by atoms with Gasteiger partial charge in [0.2, 0.25) is 0 Å². The number of ether oxygens (including phenoxy) is 1. The zero-order valence-electron chi connectivity index (χ0n) is 12.5. The van der Waals surface area contributed by atoms with E-state index in [0.717, 1.165) is 17.9 Å². The van der Waals surface area contributed by atoms with Gasteiger partial charge in [-0.15, -0.1) is 12.4 Å². The molecular formula is C17H20ClNO2. The number of nitrogens with zero attached hydrogens (tertiary/aromatic N) is 1. The lowest BCUT2D eigenvalue weighted by molar-refractivity contribution is 0.103. The lowest BCUT2D eigenvalue weighted by Gasteiger charge is -2.14. The Labute approximate surface area is 132 Å². The van der Waals surface area contributed by atoms with E-state index >= 15 is 0 Å². The van der Waals surface area contributed by atoms with Gasteiger partial charge in [-0.3, -0.25) is 4.79 Å². The van der Waals surface area contributed by atoms with Crippen molar-refractivity contribution in [2.24, 2.45) is 0 Å². The fraction of sp³-hybridized carbons (Fsp3) is 0.235. The fourth-order valence-corrected chi connectivity index (χ4v) is 2.14. The van der Waals surface area contributed by atoms with Gasteiger partial charge in [0.15, 0.2) is 5.78 Å². The molecule has 0 amide bonds. The number of benzene rings is 2. The number of halogens is 1. The lowest BCUT2D eigenvalue weighted by Crippen LogP contribution is -2.12. The van der Waals surface area contributed by atoms with Gasteiger partial charge in [-0.25, -0.2) is 0 Å². The van der Waals surface area contributed by atoms with Crippen LogP contribution in [0.25, 0.3) is 0 Å². The molecule has 0 saturated carbocycles. The largest absolute Gasteiger partial charge is 0.496 e. The topological polar surface area (TPSA) is 29.5 Å². The van der Waals surface area contributed by atoms with Gasteiger partial charge in [0.05, 0.1) is 7.11 Å². The second-order valence-electron chi connectivity index (χ2n) is 4.96. The first-order valence-electron chi connectivity index (χ1n) is 6.53. The summed E-state index contributed by atoms with van der Waals surface area (Å²) in [4.78, 5) is 14.5. The quantitative estimate of drug-likeness (QED) is 0.793. The molecular weight excluding hydrogens is 286 g/mol. The number of carbonyl (C=O) groups excluding carboxylic acids is 1. The van der Waals surface area contributed by atoms with Crippen LogP contribution in [0.3, 0.4) is 0 Å². The maximum atomic E-state index is 12.4. The van der Waals surface area contributed by atoms with Gasteiger partial charge >= 0.3 is 0 Å². The molecule has 0 aromatic heterocycles. The van der Waals surface area contributed by atoms with Crippen LogP contribution in [0.2, 0.25) is 0 Å². The molecule has 0 N–H and O–H groups in total. The molecule has 0 aliphatic carbocycles. The van der Waals surface area contributed by atoms with Crippen LogP contribution < -0.4 is 4.74 Å². The summed E-state index contributed by atoms with van der Waals surface area (Å²) in [5, 5.41) is 0. The monoisotopic (exact) mass is 305 g/mol. The summed E-state index contributed by atoms with van der Waals surface area (Å²) in [7, 11) is 5.63. The zero-order valence-corrected chi connectivity index (χ0v) is 13.3. The Kier molecular flexibility index (Phi) is 6.40. The Morgan fingerprint density at radius 1 is 1.05 bits per heavy atom. The van der Waals surface area contributed by atoms with Gasteiger partial charge in [0.25, 0.3) is 0 Å². The zero-order chi connectivity index (χ0) is 14.5. The van der Waals surface area contributed by atoms with Crippen molar-refractivity contribution in [3.05, 3.63) is 65.2 Å². The van der Waals surface area contributed by atoms with E-state index in [-0.39, 0.29) is 18.2 Å². The number of rotatable bonds is 5. The van der Waals surface area contributed by atoms with Crippen LogP contribution in [0.1, 0.15) is 21.5 Å². The van der Waals surface area contributed by atoms with Gasteiger partial charge in [-0.2, -0.15) is 0 Å². The summed E-state index contributed by atoms with van der Waals surface area (Å²) in [6, 6.07) is 14.9. The minimum absolute atomic E-state index is 0. The molecule has 2 rings (SSSR count). The van der Waals surface area contributed by atoms with E-state index in [4.69, 9.17) is 4.74 Å². The Balaban J connectivity index is 0.00000220. The minimum atomic E-state index is 0. The van der Waals surface area contributed by atoms with Gasteiger partial charge < -0.3 is 9.64 Å². The maximum absolute atomic E-state index is 12.4. The van der Waals surface area contributed by atoms with Gasteiger partial charge in [0.1, 0.15) is 5.75 Å². The average molecular weight is 306 g/mol. The third kappa shape index (κ3) is 4.31. The van der Waals surface area contributed by atoms with Crippen LogP contribution in [0, 0.1) is 0 Å². The molecule has 0 atom stereocenters. The molecule has 0 saturated heterocycles. The van der Waals surface area contributed by atoms with Crippen LogP contribution in [0.5, 0.6) is 5.75 Å². The van der Waals surface area contributed by atoms with E-state index in [2.05, 4.69) is 4.90 Å². The summed E-state index contributed by atoms with van der Waals surface area (Å²) in [5.74, 6) is 0.844. The Bertz CT molecular complexity index is 597. The lowest BCUT2D eigenvalue weighted by atomic mass is 10.0. The van der Waals surface area contributed by atoms with Crippen molar-refractivity contribution in [3.63, 3.8) is 0 Å². The summed E-state index contributed by atoms with van der Waals surface area (Å²) in [6.07, 6.45) is 0. The van der Waals surface area contributed by atoms with E-state index in [1.807, 2.05) is 62.6 Å². The highest BCUT2D eigenvalue weighted by Gasteiger charge is 2.12. The Morgan fingerprint density at radius 2 is 1.71 bits per heavy atom. The predicted octanol–water partition coefficient (Wildman–Crippen LogP) is 3.41. The van der Waals surface area contributed by atoms with Crippen LogP contribution in [-0.2, 0) is 6.54 Å². The van der Waals surface area contributed by atoms with E-state index < -0.39 is 0 Å². The van der Waals surface area contributed by atoms with Crippen molar-refractivity contribution in [1.82, 2.24) is 4.90 Å². The van der Waals surface area contributed by atoms with Crippen molar-refractivity contribution in [3.8, 4) is 5.75 Å². The summed E-state index contributed by atoms with van der Waals surface area (Å²) >= 11 is 0. The predicted molar refractivity (Wildman–Crippen MR) is 87.5 cm³/mol. The molecule has 0 bridgehead atoms. The van der Waals surface area contributed by atoms with Crippen molar-refractivity contribution < 1.29 is 9.53 Å². The molecule has 0 spiro atoms. The second kappa shape index (κ2) is 7.81. The molecule has 112 valence electrons. The van der Waals surface area contributed by atoms with E-state index in [9.17, 15) is 4.79 Å². The number of ketones is 1. The Hall–Kier alpha value is -1.84. The molecule has 2 aromatic carbocycles. The van der Waals surface area contributed by atoms with Gasteiger partial charge in [0, 0.05) is 23.2 Å². The van der Waals surface area contributed by atoms with Crippen molar-refractivity contribution in [2.45, 2.75) is 6.54 Å². The molecule has 0 fully saturated rings. The third-order valence-electron chi connectivity index (χ3n) is 3.07. The first-order valence-corrected chi connectivity index (χ1v) is 6.53. The minimum Gasteiger partial charge on any atom is -0.496 e. The molecule has 3 nitrogen and oxygen atoms in total. The number of hydrogen-bond donors (Lipinski definition) is 0. The van der Waals surface area contributed by atoms with Crippen molar-refractivity contribution in [1.29, 1.82) is 0 Å². The van der Waals surface area contributed by atoms with E-state index in [0.29, 0.717) is 11.1 Å². The van der Waals surface area contributed by atoms with Crippen LogP contribution in [0.15, 0.2) is 48.5 Å². The van der Waals surface area contributed by atoms with E-state index in [1.54, 1.807) is 7.11 Å². The molecule has 2 aromatic rings. The Morgan fingerprint density at radius 3 is 2.29 bits per heavy atom. The van der Waals surface area contributed by atoms with Gasteiger partial charge in [-0.1, -0.05) is 30.3 Å². The normalized spacial score (nSPS) is 10.1. The first kappa shape index (κ1) is 17.2. The van der Waals surface area contributed by atoms with Crippen LogP contribution >= 0.6 is 12.4 Å². The molecule has 0 radical (unpaired) electrons. The highest BCUT2D eigenvalue weighted by molar-refractivity contribution is 6.09. The molecule has 4 heteroatoms. The molecule has 0 heterocycles. The molecule has 0 aliphatic heterocycles. The summed E-state index contributed by atoms with van der Waals surface area (Å²) < 4.78 is 5.35. The SMILES string of the molecule is COc1ccc(C(=O)c2ccccc2)cc1CN(C)C.Cl. The van der Waals surface area contributed by atoms with Crippen molar-refractivity contribution in [2.75, 3.05) is 21.2 Å². The maximum Gasteiger partial charge on any atom is 0.193 e. The van der Waals surface area contributed by atoms with Crippen LogP contribution in [0.4, 0.5) is 0 Å². The number of hydrogen-bond acceptors (Lipinski definition) is 3. The highest BCUT2D eigenvalue weighted by Crippen LogP contribution is 2.22. The molecule has 0 unspecified atom stereocenters. The number of methoxy groups -OCH3 is 1. The second-order valence-corrected chi connectivity index (χ2v) is 4.96. The summed E-state index contributed by atoms with van der Waals surface area (Å²) in [5.41, 5.74) is 2.40. The van der Waals surface area contributed by atoms with Crippen LogP contribution in [-0.4, -0.2) is 31.9 Å². The fourth-order valence-electron chi connectivity index (χ4n) is 2.14. The van der Waals surface area contributed by atoms with Crippen molar-refractivity contribution >= 4 is 18.2 Å². The van der Waals surface area contributed by atoms with Gasteiger partial charge in [-0.05, 0) is 32.3 Å².